The Morgan fingerprint density at radius 3 is 1.84 bits per heavy atom. The summed E-state index contributed by atoms with van der Waals surface area (Å²) in [5.74, 6) is 2.37. The summed E-state index contributed by atoms with van der Waals surface area (Å²) in [6, 6.07) is 0. The summed E-state index contributed by atoms with van der Waals surface area (Å²) >= 11 is 8.27. The van der Waals surface area contributed by atoms with Gasteiger partial charge in [0.2, 0.25) is 0 Å². The molecule has 2 aliphatic rings. The van der Waals surface area contributed by atoms with Gasteiger partial charge in [0.05, 0.1) is 26.4 Å². The highest BCUT2D eigenvalue weighted by atomic mass is 32.3. The van der Waals surface area contributed by atoms with Crippen LogP contribution >= 0.6 is 47.0 Å². The van der Waals surface area contributed by atoms with Crippen molar-refractivity contribution in [3.8, 4) is 0 Å². The van der Waals surface area contributed by atoms with Crippen LogP contribution in [0.15, 0.2) is 25.3 Å². The van der Waals surface area contributed by atoms with E-state index in [1.165, 1.54) is 11.5 Å². The molecule has 2 saturated heterocycles. The van der Waals surface area contributed by atoms with Crippen molar-refractivity contribution in [2.45, 2.75) is 13.2 Å². The van der Waals surface area contributed by atoms with Crippen molar-refractivity contribution in [2.75, 3.05) is 37.9 Å². The standard InChI is InChI=1S/C13H20O2S4/c1-3-5-14-7-11-9-16-13(18-11)17-10-12(19-13)8-15-6-4-2/h3-4,11-12H,1-2,5-10H2. The zero-order valence-electron chi connectivity index (χ0n) is 10.9. The fourth-order valence-corrected chi connectivity index (χ4v) is 10.2. The molecule has 108 valence electrons. The van der Waals surface area contributed by atoms with Gasteiger partial charge in [0.25, 0.3) is 0 Å². The number of ether oxygens (including phenoxy) is 2. The second-order valence-corrected chi connectivity index (χ2v) is 11.3. The molecule has 0 amide bonds. The van der Waals surface area contributed by atoms with Crippen molar-refractivity contribution in [3.63, 3.8) is 0 Å². The summed E-state index contributed by atoms with van der Waals surface area (Å²) in [4.78, 5) is 0. The summed E-state index contributed by atoms with van der Waals surface area (Å²) in [5.41, 5.74) is 0. The molecule has 0 aromatic rings. The largest absolute Gasteiger partial charge is 0.376 e. The zero-order valence-corrected chi connectivity index (χ0v) is 14.2. The van der Waals surface area contributed by atoms with Gasteiger partial charge in [0.1, 0.15) is 0 Å². The van der Waals surface area contributed by atoms with E-state index in [1.54, 1.807) is 0 Å². The molecule has 2 heterocycles. The van der Waals surface area contributed by atoms with Crippen LogP contribution < -0.4 is 0 Å². The predicted octanol–water partition coefficient (Wildman–Crippen LogP) is 3.70. The minimum absolute atomic E-state index is 0.282. The van der Waals surface area contributed by atoms with Crippen LogP contribution in [0, 0.1) is 0 Å². The van der Waals surface area contributed by atoms with E-state index in [0.29, 0.717) is 23.7 Å². The van der Waals surface area contributed by atoms with Crippen LogP contribution in [0.2, 0.25) is 0 Å². The number of rotatable bonds is 8. The molecule has 0 aromatic heterocycles. The average molecular weight is 337 g/mol. The molecule has 2 nitrogen and oxygen atoms in total. The first-order valence-corrected chi connectivity index (χ1v) is 10.0. The quantitative estimate of drug-likeness (QED) is 0.493. The minimum atomic E-state index is 0.282. The maximum Gasteiger partial charge on any atom is 0.154 e. The molecule has 0 bridgehead atoms. The first kappa shape index (κ1) is 16.2. The van der Waals surface area contributed by atoms with Crippen LogP contribution in [-0.2, 0) is 9.47 Å². The molecule has 2 fully saturated rings. The van der Waals surface area contributed by atoms with Gasteiger partial charge in [-0.2, -0.15) is 0 Å². The summed E-state index contributed by atoms with van der Waals surface area (Å²) in [6.45, 7) is 10.3. The molecule has 2 unspecified atom stereocenters. The van der Waals surface area contributed by atoms with E-state index < -0.39 is 0 Å². The van der Waals surface area contributed by atoms with E-state index in [1.807, 2.05) is 12.2 Å². The molecule has 1 spiro atoms. The van der Waals surface area contributed by atoms with Crippen LogP contribution in [0.5, 0.6) is 0 Å². The first-order valence-electron chi connectivity index (χ1n) is 6.29. The van der Waals surface area contributed by atoms with E-state index in [4.69, 9.17) is 9.47 Å². The Bertz CT molecular complexity index is 281. The first-order chi connectivity index (χ1) is 9.28. The van der Waals surface area contributed by atoms with Gasteiger partial charge in [-0.25, -0.2) is 0 Å². The number of hydrogen-bond donors (Lipinski definition) is 0. The third-order valence-electron chi connectivity index (χ3n) is 2.59. The van der Waals surface area contributed by atoms with Crippen LogP contribution in [0.1, 0.15) is 0 Å². The molecule has 2 rings (SSSR count). The van der Waals surface area contributed by atoms with E-state index in [-0.39, 0.29) is 2.74 Å². The Labute approximate surface area is 132 Å². The monoisotopic (exact) mass is 336 g/mol. The molecule has 2 aliphatic heterocycles. The average Bonchev–Trinajstić information content (AvgIpc) is 2.99. The van der Waals surface area contributed by atoms with Crippen molar-refractivity contribution in [2.24, 2.45) is 0 Å². The molecular weight excluding hydrogens is 316 g/mol. The summed E-state index contributed by atoms with van der Waals surface area (Å²) < 4.78 is 11.4. The highest BCUT2D eigenvalue weighted by molar-refractivity contribution is 8.50. The summed E-state index contributed by atoms with van der Waals surface area (Å²) in [6.07, 6.45) is 3.63. The molecule has 0 aromatic carbocycles. The van der Waals surface area contributed by atoms with E-state index >= 15 is 0 Å². The highest BCUT2D eigenvalue weighted by Gasteiger charge is 2.48. The Kier molecular flexibility index (Phi) is 7.06. The Morgan fingerprint density at radius 1 is 0.947 bits per heavy atom. The molecular formula is C13H20O2S4. The van der Waals surface area contributed by atoms with Gasteiger partial charge in [-0.05, 0) is 0 Å². The Balaban J connectivity index is 1.70. The molecule has 0 N–H and O–H groups in total. The second kappa shape index (κ2) is 8.29. The van der Waals surface area contributed by atoms with Crippen LogP contribution in [0.25, 0.3) is 0 Å². The van der Waals surface area contributed by atoms with Crippen LogP contribution in [-0.4, -0.2) is 51.2 Å². The maximum atomic E-state index is 5.57. The van der Waals surface area contributed by atoms with Gasteiger partial charge in [0, 0.05) is 22.0 Å². The van der Waals surface area contributed by atoms with Crippen molar-refractivity contribution < 1.29 is 9.47 Å². The molecule has 19 heavy (non-hydrogen) atoms. The molecule has 0 saturated carbocycles. The van der Waals surface area contributed by atoms with Crippen molar-refractivity contribution in [1.82, 2.24) is 0 Å². The van der Waals surface area contributed by atoms with E-state index in [9.17, 15) is 0 Å². The van der Waals surface area contributed by atoms with Gasteiger partial charge in [0.15, 0.2) is 2.74 Å². The molecule has 2 atom stereocenters. The van der Waals surface area contributed by atoms with Gasteiger partial charge >= 0.3 is 0 Å². The highest BCUT2D eigenvalue weighted by Crippen LogP contribution is 2.66. The topological polar surface area (TPSA) is 18.5 Å². The predicted molar refractivity (Wildman–Crippen MR) is 92.4 cm³/mol. The lowest BCUT2D eigenvalue weighted by Crippen LogP contribution is -2.13. The fraction of sp³-hybridized carbons (Fsp3) is 0.692. The van der Waals surface area contributed by atoms with Gasteiger partial charge in [-0.1, -0.05) is 12.2 Å². The molecule has 6 heteroatoms. The second-order valence-electron chi connectivity index (χ2n) is 4.25. The third kappa shape index (κ3) is 4.93. The lowest BCUT2D eigenvalue weighted by Gasteiger charge is -2.20. The smallest absolute Gasteiger partial charge is 0.154 e. The lowest BCUT2D eigenvalue weighted by atomic mass is 10.5. The van der Waals surface area contributed by atoms with Crippen molar-refractivity contribution in [3.05, 3.63) is 25.3 Å². The fourth-order valence-electron chi connectivity index (χ4n) is 1.80. The van der Waals surface area contributed by atoms with Crippen molar-refractivity contribution >= 4 is 47.0 Å². The van der Waals surface area contributed by atoms with Gasteiger partial charge in [-0.3, -0.25) is 0 Å². The number of thioether (sulfide) groups is 4. The van der Waals surface area contributed by atoms with Gasteiger partial charge < -0.3 is 9.47 Å². The summed E-state index contributed by atoms with van der Waals surface area (Å²) in [7, 11) is 0. The summed E-state index contributed by atoms with van der Waals surface area (Å²) in [5, 5.41) is 1.22. The number of hydrogen-bond acceptors (Lipinski definition) is 6. The third-order valence-corrected chi connectivity index (χ3v) is 10.6. The van der Waals surface area contributed by atoms with Crippen molar-refractivity contribution in [1.29, 1.82) is 0 Å². The van der Waals surface area contributed by atoms with Gasteiger partial charge in [-0.15, -0.1) is 60.2 Å². The SMILES string of the molecule is C=CCOCC1CSC2(SCC(COCC=C)S2)S1. The minimum Gasteiger partial charge on any atom is -0.376 e. The Morgan fingerprint density at radius 2 is 1.42 bits per heavy atom. The lowest BCUT2D eigenvalue weighted by molar-refractivity contribution is 0.167. The van der Waals surface area contributed by atoms with E-state index in [2.05, 4.69) is 60.2 Å². The van der Waals surface area contributed by atoms with Crippen LogP contribution in [0.4, 0.5) is 0 Å². The Hall–Kier alpha value is 0.800. The molecule has 0 radical (unpaired) electrons. The molecule has 0 aliphatic carbocycles. The maximum absolute atomic E-state index is 5.57. The van der Waals surface area contributed by atoms with E-state index in [0.717, 1.165) is 13.2 Å². The zero-order chi connectivity index (χ0) is 13.6. The van der Waals surface area contributed by atoms with Crippen LogP contribution in [0.3, 0.4) is 0 Å². The normalized spacial score (nSPS) is 33.9.